The highest BCUT2D eigenvalue weighted by Gasteiger charge is 2.60. The van der Waals surface area contributed by atoms with E-state index >= 15 is 0 Å². The monoisotopic (exact) mass is 290 g/mol. The van der Waals surface area contributed by atoms with E-state index in [9.17, 15) is 9.59 Å². The summed E-state index contributed by atoms with van der Waals surface area (Å²) in [5.74, 6) is 0.105. The Bertz CT molecular complexity index is 594. The molecule has 1 aromatic rings. The number of hydrogen-bond donors (Lipinski definition) is 2. The number of rotatable bonds is 3. The largest absolute Gasteiger partial charge is 0.469 e. The van der Waals surface area contributed by atoms with E-state index in [0.717, 1.165) is 0 Å². The van der Waals surface area contributed by atoms with Gasteiger partial charge < -0.3 is 4.42 Å². The number of hydrogen-bond acceptors (Lipinski definition) is 3. The van der Waals surface area contributed by atoms with Crippen LogP contribution in [0, 0.1) is 24.2 Å². The van der Waals surface area contributed by atoms with Crippen LogP contribution in [0.5, 0.6) is 0 Å². The van der Waals surface area contributed by atoms with E-state index in [1.807, 2.05) is 13.8 Å². The van der Waals surface area contributed by atoms with Crippen LogP contribution in [-0.4, -0.2) is 11.8 Å². The molecule has 2 unspecified atom stereocenters. The Hall–Kier alpha value is -2.04. The average molecular weight is 290 g/mol. The van der Waals surface area contributed by atoms with Gasteiger partial charge in [-0.25, -0.2) is 0 Å². The van der Waals surface area contributed by atoms with Crippen molar-refractivity contribution in [3.8, 4) is 0 Å². The lowest BCUT2D eigenvalue weighted by Gasteiger charge is -2.07. The van der Waals surface area contributed by atoms with Crippen LogP contribution in [0.1, 0.15) is 43.8 Å². The first-order valence-electron chi connectivity index (χ1n) is 7.04. The minimum absolute atomic E-state index is 0.0718. The number of aryl methyl sites for hydroxylation is 1. The predicted molar refractivity (Wildman–Crippen MR) is 79.2 cm³/mol. The van der Waals surface area contributed by atoms with Crippen molar-refractivity contribution in [1.82, 2.24) is 10.9 Å². The molecule has 1 aliphatic rings. The maximum absolute atomic E-state index is 12.2. The fourth-order valence-electron chi connectivity index (χ4n) is 2.73. The van der Waals surface area contributed by atoms with Gasteiger partial charge in [-0.1, -0.05) is 25.5 Å². The van der Waals surface area contributed by atoms with E-state index in [1.165, 1.54) is 11.8 Å². The third-order valence-corrected chi connectivity index (χ3v) is 4.11. The van der Waals surface area contributed by atoms with Gasteiger partial charge in [0.25, 0.3) is 5.91 Å². The smallest absolute Gasteiger partial charge is 0.273 e. The average Bonchev–Trinajstić information content (AvgIpc) is 2.72. The molecule has 114 valence electrons. The Morgan fingerprint density at radius 2 is 1.95 bits per heavy atom. The molecule has 21 heavy (non-hydrogen) atoms. The van der Waals surface area contributed by atoms with E-state index in [-0.39, 0.29) is 29.1 Å². The molecule has 0 aliphatic heterocycles. The van der Waals surface area contributed by atoms with Crippen LogP contribution in [0.4, 0.5) is 0 Å². The maximum atomic E-state index is 12.2. The lowest BCUT2D eigenvalue weighted by molar-refractivity contribution is -0.123. The summed E-state index contributed by atoms with van der Waals surface area (Å²) in [5, 5.41) is 0. The van der Waals surface area contributed by atoms with Gasteiger partial charge in [-0.05, 0) is 38.2 Å². The van der Waals surface area contributed by atoms with Gasteiger partial charge in [0.15, 0.2) is 0 Å². The summed E-state index contributed by atoms with van der Waals surface area (Å²) in [7, 11) is 0. The van der Waals surface area contributed by atoms with Gasteiger partial charge in [-0.2, -0.15) is 0 Å². The van der Waals surface area contributed by atoms with Crippen molar-refractivity contribution in [2.24, 2.45) is 17.3 Å². The van der Waals surface area contributed by atoms with E-state index in [1.54, 1.807) is 13.0 Å². The standard InChI is InChI=1S/C16H22N2O3/c1-9(2)8-12-13(16(12,4)5)15(20)18-17-14(19)11-6-7-21-10(11)3/h6-8,12-13H,1-5H3,(H,17,19)(H,18,20). The van der Waals surface area contributed by atoms with Crippen molar-refractivity contribution in [2.75, 3.05) is 0 Å². The summed E-state index contributed by atoms with van der Waals surface area (Å²) in [6, 6.07) is 1.57. The molecule has 1 fully saturated rings. The van der Waals surface area contributed by atoms with Crippen molar-refractivity contribution in [3.63, 3.8) is 0 Å². The van der Waals surface area contributed by atoms with Gasteiger partial charge in [0.2, 0.25) is 5.91 Å². The van der Waals surface area contributed by atoms with Crippen LogP contribution in [0.3, 0.4) is 0 Å². The van der Waals surface area contributed by atoms with Crippen LogP contribution in [0.2, 0.25) is 0 Å². The fraction of sp³-hybridized carbons (Fsp3) is 0.500. The first-order chi connectivity index (χ1) is 9.75. The van der Waals surface area contributed by atoms with Gasteiger partial charge in [0, 0.05) is 0 Å². The molecule has 2 atom stereocenters. The van der Waals surface area contributed by atoms with E-state index in [0.29, 0.717) is 11.3 Å². The normalized spacial score (nSPS) is 22.3. The van der Waals surface area contributed by atoms with Crippen molar-refractivity contribution < 1.29 is 14.0 Å². The predicted octanol–water partition coefficient (Wildman–Crippen LogP) is 2.59. The first-order valence-corrected chi connectivity index (χ1v) is 7.04. The molecule has 1 aliphatic carbocycles. The number of allylic oxidation sites excluding steroid dienone is 2. The quantitative estimate of drug-likeness (QED) is 0.664. The molecular weight excluding hydrogens is 268 g/mol. The highest BCUT2D eigenvalue weighted by atomic mass is 16.3. The molecule has 0 saturated heterocycles. The number of amides is 2. The van der Waals surface area contributed by atoms with Gasteiger partial charge in [-0.15, -0.1) is 0 Å². The minimum Gasteiger partial charge on any atom is -0.469 e. The molecule has 0 spiro atoms. The summed E-state index contributed by atoms with van der Waals surface area (Å²) in [5.41, 5.74) is 6.50. The van der Waals surface area contributed by atoms with Gasteiger partial charge in [0.1, 0.15) is 5.76 Å². The Morgan fingerprint density at radius 1 is 1.29 bits per heavy atom. The lowest BCUT2D eigenvalue weighted by atomic mass is 10.1. The second kappa shape index (κ2) is 5.39. The molecule has 2 rings (SSSR count). The molecule has 2 amide bonds. The molecule has 0 bridgehead atoms. The van der Waals surface area contributed by atoms with Gasteiger partial charge in [0.05, 0.1) is 17.7 Å². The summed E-state index contributed by atoms with van der Waals surface area (Å²) < 4.78 is 5.06. The van der Waals surface area contributed by atoms with Crippen LogP contribution in [-0.2, 0) is 4.79 Å². The number of carbonyl (C=O) groups is 2. The van der Waals surface area contributed by atoms with Crippen molar-refractivity contribution in [2.45, 2.75) is 34.6 Å². The molecule has 2 N–H and O–H groups in total. The summed E-state index contributed by atoms with van der Waals surface area (Å²) in [6.07, 6.45) is 3.56. The summed E-state index contributed by atoms with van der Waals surface area (Å²) >= 11 is 0. The van der Waals surface area contributed by atoms with Crippen LogP contribution < -0.4 is 10.9 Å². The highest BCUT2D eigenvalue weighted by Crippen LogP contribution is 2.59. The second-order valence-corrected chi connectivity index (χ2v) is 6.40. The molecule has 5 heteroatoms. The zero-order valence-electron chi connectivity index (χ0n) is 13.1. The molecule has 1 heterocycles. The molecule has 1 aromatic heterocycles. The van der Waals surface area contributed by atoms with Gasteiger partial charge in [-0.3, -0.25) is 20.4 Å². The zero-order valence-corrected chi connectivity index (χ0v) is 13.1. The topological polar surface area (TPSA) is 71.3 Å². The van der Waals surface area contributed by atoms with E-state index in [4.69, 9.17) is 4.42 Å². The number of carbonyl (C=O) groups excluding carboxylic acids is 2. The van der Waals surface area contributed by atoms with E-state index in [2.05, 4.69) is 30.8 Å². The zero-order chi connectivity index (χ0) is 15.8. The van der Waals surface area contributed by atoms with Crippen molar-refractivity contribution >= 4 is 11.8 Å². The summed E-state index contributed by atoms with van der Waals surface area (Å²) in [6.45, 7) is 9.86. The van der Waals surface area contributed by atoms with Crippen LogP contribution in [0.15, 0.2) is 28.4 Å². The number of furan rings is 1. The lowest BCUT2D eigenvalue weighted by Crippen LogP contribution is -2.43. The summed E-state index contributed by atoms with van der Waals surface area (Å²) in [4.78, 5) is 24.1. The van der Waals surface area contributed by atoms with Gasteiger partial charge >= 0.3 is 0 Å². The molecule has 0 radical (unpaired) electrons. The van der Waals surface area contributed by atoms with Crippen molar-refractivity contribution in [3.05, 3.63) is 35.3 Å². The van der Waals surface area contributed by atoms with Crippen LogP contribution >= 0.6 is 0 Å². The first kappa shape index (κ1) is 15.4. The third-order valence-electron chi connectivity index (χ3n) is 4.11. The van der Waals surface area contributed by atoms with Crippen molar-refractivity contribution in [1.29, 1.82) is 0 Å². The SMILES string of the molecule is CC(C)=CC1C(C(=O)NNC(=O)c2ccoc2C)C1(C)C. The molecule has 0 aromatic carbocycles. The molecular formula is C16H22N2O3. The Balaban J connectivity index is 1.93. The molecule has 5 nitrogen and oxygen atoms in total. The molecule has 1 saturated carbocycles. The fourth-order valence-corrected chi connectivity index (χ4v) is 2.73. The Kier molecular flexibility index (Phi) is 3.94. The maximum Gasteiger partial charge on any atom is 0.273 e. The minimum atomic E-state index is -0.369. The second-order valence-electron chi connectivity index (χ2n) is 6.40. The van der Waals surface area contributed by atoms with Crippen LogP contribution in [0.25, 0.3) is 0 Å². The Labute approximate surface area is 124 Å². The Morgan fingerprint density at radius 3 is 2.48 bits per heavy atom. The van der Waals surface area contributed by atoms with E-state index < -0.39 is 0 Å². The number of nitrogens with one attached hydrogen (secondary N) is 2. The highest BCUT2D eigenvalue weighted by molar-refractivity contribution is 5.96. The third kappa shape index (κ3) is 3.01. The number of hydrazine groups is 1.